The fourth-order valence-corrected chi connectivity index (χ4v) is 6.18. The summed E-state index contributed by atoms with van der Waals surface area (Å²) >= 11 is 1.67. The Kier molecular flexibility index (Phi) is 6.51. The predicted octanol–water partition coefficient (Wildman–Crippen LogP) is 5.30. The third-order valence-corrected chi connectivity index (χ3v) is 8.05. The molecule has 3 aromatic rings. The van der Waals surface area contributed by atoms with Gasteiger partial charge in [0.2, 0.25) is 0 Å². The molecule has 1 amide bonds. The first kappa shape index (κ1) is 21.5. The van der Waals surface area contributed by atoms with Gasteiger partial charge in [-0.15, -0.1) is 11.3 Å². The van der Waals surface area contributed by atoms with E-state index in [1.807, 2.05) is 42.3 Å². The zero-order chi connectivity index (χ0) is 21.9. The lowest BCUT2D eigenvalue weighted by atomic mass is 9.94. The van der Waals surface area contributed by atoms with Gasteiger partial charge in [-0.25, -0.2) is 4.98 Å². The molecule has 1 aromatic carbocycles. The van der Waals surface area contributed by atoms with Gasteiger partial charge in [-0.3, -0.25) is 9.78 Å². The standard InChI is InChI=1S/C26H32N4OS/c1-19-28-24-15-22(8-9-25(24)32-19)26(31)30(18-21-5-4-12-27-16-21)17-20-10-13-29(14-11-20)23-6-2-3-7-23/h4-5,8-9,12,15-16,20,23H,2-3,6-7,10-11,13-14,17-18H2,1H3. The molecular formula is C26H32N4OS. The maximum atomic E-state index is 13.6. The van der Waals surface area contributed by atoms with Crippen molar-refractivity contribution in [1.82, 2.24) is 19.8 Å². The van der Waals surface area contributed by atoms with Crippen LogP contribution < -0.4 is 0 Å². The van der Waals surface area contributed by atoms with Crippen molar-refractivity contribution < 1.29 is 4.79 Å². The lowest BCUT2D eigenvalue weighted by Gasteiger charge is -2.38. The highest BCUT2D eigenvalue weighted by Crippen LogP contribution is 2.29. The number of carbonyl (C=O) groups is 1. The molecule has 6 heteroatoms. The van der Waals surface area contributed by atoms with Crippen LogP contribution in [0.4, 0.5) is 0 Å². The van der Waals surface area contributed by atoms with E-state index in [-0.39, 0.29) is 5.91 Å². The number of hydrogen-bond donors (Lipinski definition) is 0. The van der Waals surface area contributed by atoms with E-state index < -0.39 is 0 Å². The van der Waals surface area contributed by atoms with Gasteiger partial charge in [-0.1, -0.05) is 18.9 Å². The molecule has 5 rings (SSSR count). The minimum absolute atomic E-state index is 0.0969. The Morgan fingerprint density at radius 2 is 1.97 bits per heavy atom. The highest BCUT2D eigenvalue weighted by atomic mass is 32.1. The number of hydrogen-bond acceptors (Lipinski definition) is 5. The molecule has 1 saturated heterocycles. The number of carbonyl (C=O) groups excluding carboxylic acids is 1. The zero-order valence-electron chi connectivity index (χ0n) is 18.9. The summed E-state index contributed by atoms with van der Waals surface area (Å²) in [6.45, 7) is 5.77. The lowest BCUT2D eigenvalue weighted by Crippen LogP contribution is -2.43. The first-order chi connectivity index (χ1) is 15.7. The van der Waals surface area contributed by atoms with Gasteiger partial charge in [0, 0.05) is 37.1 Å². The Morgan fingerprint density at radius 3 is 2.72 bits per heavy atom. The van der Waals surface area contributed by atoms with E-state index in [0.29, 0.717) is 12.5 Å². The summed E-state index contributed by atoms with van der Waals surface area (Å²) in [6.07, 6.45) is 11.5. The van der Waals surface area contributed by atoms with Gasteiger partial charge >= 0.3 is 0 Å². The molecule has 2 fully saturated rings. The predicted molar refractivity (Wildman–Crippen MR) is 130 cm³/mol. The molecule has 0 atom stereocenters. The monoisotopic (exact) mass is 448 g/mol. The molecule has 0 spiro atoms. The second-order valence-corrected chi connectivity index (χ2v) is 10.6. The maximum Gasteiger partial charge on any atom is 0.254 e. The van der Waals surface area contributed by atoms with Crippen molar-refractivity contribution in [1.29, 1.82) is 0 Å². The molecule has 0 bridgehead atoms. The van der Waals surface area contributed by atoms with Crippen molar-refractivity contribution in [3.05, 3.63) is 58.9 Å². The van der Waals surface area contributed by atoms with Crippen molar-refractivity contribution in [2.45, 2.75) is 58.0 Å². The molecule has 5 nitrogen and oxygen atoms in total. The topological polar surface area (TPSA) is 49.3 Å². The van der Waals surface area contributed by atoms with Crippen LogP contribution in [-0.2, 0) is 6.54 Å². The molecule has 1 saturated carbocycles. The average molecular weight is 449 g/mol. The number of rotatable bonds is 6. The second kappa shape index (κ2) is 9.67. The number of benzene rings is 1. The number of aryl methyl sites for hydroxylation is 1. The van der Waals surface area contributed by atoms with Crippen molar-refractivity contribution in [3.8, 4) is 0 Å². The summed E-state index contributed by atoms with van der Waals surface area (Å²) in [6, 6.07) is 10.8. The van der Waals surface area contributed by atoms with Gasteiger partial charge in [0.15, 0.2) is 0 Å². The molecule has 0 N–H and O–H groups in total. The summed E-state index contributed by atoms with van der Waals surface area (Å²) in [5.74, 6) is 0.651. The number of piperidine rings is 1. The molecule has 0 radical (unpaired) electrons. The van der Waals surface area contributed by atoms with Crippen molar-refractivity contribution in [2.75, 3.05) is 19.6 Å². The van der Waals surface area contributed by atoms with E-state index in [0.717, 1.165) is 38.9 Å². The lowest BCUT2D eigenvalue weighted by molar-refractivity contribution is 0.0650. The average Bonchev–Trinajstić information content (AvgIpc) is 3.48. The first-order valence-corrected chi connectivity index (χ1v) is 12.8. The van der Waals surface area contributed by atoms with Crippen LogP contribution in [0.15, 0.2) is 42.7 Å². The van der Waals surface area contributed by atoms with Crippen LogP contribution in [0.2, 0.25) is 0 Å². The summed E-state index contributed by atoms with van der Waals surface area (Å²) in [5, 5.41) is 1.03. The van der Waals surface area contributed by atoms with Gasteiger partial charge in [0.05, 0.1) is 15.2 Å². The van der Waals surface area contributed by atoms with Gasteiger partial charge in [0.25, 0.3) is 5.91 Å². The minimum Gasteiger partial charge on any atom is -0.334 e. The molecule has 0 unspecified atom stereocenters. The second-order valence-electron chi connectivity index (χ2n) is 9.38. The number of thiazole rings is 1. The fourth-order valence-electron chi connectivity index (χ4n) is 5.37. The van der Waals surface area contributed by atoms with Crippen LogP contribution in [0.1, 0.15) is 59.5 Å². The van der Waals surface area contributed by atoms with E-state index in [1.165, 1.54) is 51.6 Å². The van der Waals surface area contributed by atoms with Crippen molar-refractivity contribution >= 4 is 27.5 Å². The Morgan fingerprint density at radius 1 is 1.16 bits per heavy atom. The number of pyridine rings is 1. The molecule has 1 aliphatic heterocycles. The summed E-state index contributed by atoms with van der Waals surface area (Å²) in [4.78, 5) is 27.2. The Bertz CT molecular complexity index is 1050. The number of aromatic nitrogens is 2. The van der Waals surface area contributed by atoms with E-state index in [1.54, 1.807) is 17.5 Å². The first-order valence-electron chi connectivity index (χ1n) is 11.9. The number of likely N-dealkylation sites (tertiary alicyclic amines) is 1. The third-order valence-electron chi connectivity index (χ3n) is 7.09. The van der Waals surface area contributed by atoms with Gasteiger partial charge < -0.3 is 9.80 Å². The zero-order valence-corrected chi connectivity index (χ0v) is 19.7. The van der Waals surface area contributed by atoms with Crippen molar-refractivity contribution in [2.24, 2.45) is 5.92 Å². The quantitative estimate of drug-likeness (QED) is 0.514. The Balaban J connectivity index is 1.31. The Hall–Kier alpha value is -2.31. The number of amides is 1. The van der Waals surface area contributed by atoms with Crippen molar-refractivity contribution in [3.63, 3.8) is 0 Å². The van der Waals surface area contributed by atoms with Crippen LogP contribution in [0.25, 0.3) is 10.2 Å². The van der Waals surface area contributed by atoms with Crippen LogP contribution in [0.5, 0.6) is 0 Å². The van der Waals surface area contributed by atoms with E-state index in [4.69, 9.17) is 0 Å². The van der Waals surface area contributed by atoms with Crippen LogP contribution >= 0.6 is 11.3 Å². The molecular weight excluding hydrogens is 416 g/mol. The SMILES string of the molecule is Cc1nc2cc(C(=O)N(Cc3cccnc3)CC3CCN(C4CCCC4)CC3)ccc2s1. The van der Waals surface area contributed by atoms with Crippen LogP contribution in [0.3, 0.4) is 0 Å². The van der Waals surface area contributed by atoms with Gasteiger partial charge in [-0.05, 0) is 81.4 Å². The number of fused-ring (bicyclic) bond motifs is 1. The third kappa shape index (κ3) is 4.86. The largest absolute Gasteiger partial charge is 0.334 e. The van der Waals surface area contributed by atoms with E-state index in [2.05, 4.69) is 20.9 Å². The summed E-state index contributed by atoms with van der Waals surface area (Å²) < 4.78 is 1.14. The number of nitrogens with zero attached hydrogens (tertiary/aromatic N) is 4. The van der Waals surface area contributed by atoms with Crippen LogP contribution in [-0.4, -0.2) is 51.4 Å². The fraction of sp³-hybridized carbons (Fsp3) is 0.500. The van der Waals surface area contributed by atoms with Gasteiger partial charge in [0.1, 0.15) is 0 Å². The minimum atomic E-state index is 0.0969. The molecule has 3 heterocycles. The molecule has 1 aliphatic carbocycles. The summed E-state index contributed by atoms with van der Waals surface area (Å²) in [7, 11) is 0. The molecule has 168 valence electrons. The maximum absolute atomic E-state index is 13.6. The smallest absolute Gasteiger partial charge is 0.254 e. The molecule has 2 aliphatic rings. The van der Waals surface area contributed by atoms with Crippen LogP contribution in [0, 0.1) is 12.8 Å². The van der Waals surface area contributed by atoms with E-state index >= 15 is 0 Å². The highest BCUT2D eigenvalue weighted by molar-refractivity contribution is 7.18. The Labute approximate surface area is 194 Å². The van der Waals surface area contributed by atoms with Gasteiger partial charge in [-0.2, -0.15) is 0 Å². The highest BCUT2D eigenvalue weighted by Gasteiger charge is 2.29. The summed E-state index contributed by atoms with van der Waals surface area (Å²) in [5.41, 5.74) is 2.73. The molecule has 32 heavy (non-hydrogen) atoms. The molecule has 2 aromatic heterocycles. The normalized spacial score (nSPS) is 18.4. The van der Waals surface area contributed by atoms with E-state index in [9.17, 15) is 4.79 Å².